The number of para-hydroxylation sites is 1. The molecule has 1 atom stereocenters. The first-order valence-electron chi connectivity index (χ1n) is 8.37. The van der Waals surface area contributed by atoms with Crippen molar-refractivity contribution < 1.29 is 0 Å². The zero-order chi connectivity index (χ0) is 15.6. The lowest BCUT2D eigenvalue weighted by Crippen LogP contribution is -2.37. The second kappa shape index (κ2) is 6.03. The van der Waals surface area contributed by atoms with Crippen molar-refractivity contribution in [3.63, 3.8) is 0 Å². The average Bonchev–Trinajstić information content (AvgIpc) is 3.07. The van der Waals surface area contributed by atoms with Crippen LogP contribution in [0.3, 0.4) is 0 Å². The van der Waals surface area contributed by atoms with Crippen LogP contribution < -0.4 is 4.90 Å². The molecule has 0 amide bonds. The maximum absolute atomic E-state index is 4.67. The first-order chi connectivity index (χ1) is 11.3. The minimum absolute atomic E-state index is 0.671. The van der Waals surface area contributed by atoms with E-state index >= 15 is 0 Å². The third kappa shape index (κ3) is 2.93. The van der Waals surface area contributed by atoms with Gasteiger partial charge in [-0.05, 0) is 37.8 Å². The fourth-order valence-corrected chi connectivity index (χ4v) is 3.67. The van der Waals surface area contributed by atoms with E-state index in [1.54, 1.807) is 0 Å². The molecule has 0 aliphatic carbocycles. The molecule has 3 heterocycles. The highest BCUT2D eigenvalue weighted by Gasteiger charge is 2.22. The number of aryl methyl sites for hydroxylation is 1. The lowest BCUT2D eigenvalue weighted by molar-refractivity contribution is 0.367. The fourth-order valence-electron chi connectivity index (χ4n) is 3.67. The van der Waals surface area contributed by atoms with Crippen LogP contribution in [0.1, 0.15) is 18.5 Å². The Morgan fingerprint density at radius 3 is 3.04 bits per heavy atom. The highest BCUT2D eigenvalue weighted by atomic mass is 15.1. The Hall–Kier alpha value is -2.36. The largest absolute Gasteiger partial charge is 0.371 e. The highest BCUT2D eigenvalue weighted by molar-refractivity contribution is 5.92. The van der Waals surface area contributed by atoms with Crippen LogP contribution in [-0.4, -0.2) is 27.6 Å². The molecule has 0 bridgehead atoms. The zero-order valence-electron chi connectivity index (χ0n) is 13.5. The lowest BCUT2D eigenvalue weighted by Gasteiger charge is -2.35. The van der Waals surface area contributed by atoms with Gasteiger partial charge in [-0.25, -0.2) is 4.98 Å². The number of hydrogen-bond acceptors (Lipinski definition) is 3. The second-order valence-electron chi connectivity index (χ2n) is 6.51. The number of benzene rings is 1. The van der Waals surface area contributed by atoms with Crippen LogP contribution in [0, 0.1) is 12.8 Å². The van der Waals surface area contributed by atoms with Crippen LogP contribution in [-0.2, 0) is 6.54 Å². The number of rotatable bonds is 3. The summed E-state index contributed by atoms with van der Waals surface area (Å²) in [6.07, 6.45) is 8.38. The van der Waals surface area contributed by atoms with Crippen molar-refractivity contribution in [1.82, 2.24) is 14.5 Å². The molecule has 23 heavy (non-hydrogen) atoms. The molecule has 4 nitrogen and oxygen atoms in total. The molecule has 4 rings (SSSR count). The summed E-state index contributed by atoms with van der Waals surface area (Å²) in [5.41, 5.74) is 3.53. The van der Waals surface area contributed by atoms with Gasteiger partial charge in [0, 0.05) is 48.8 Å². The molecule has 1 saturated heterocycles. The number of hydrogen-bond donors (Lipinski definition) is 0. The van der Waals surface area contributed by atoms with Gasteiger partial charge in [0.2, 0.25) is 0 Å². The number of aromatic nitrogens is 3. The van der Waals surface area contributed by atoms with E-state index in [9.17, 15) is 0 Å². The van der Waals surface area contributed by atoms with Crippen LogP contribution in [0.2, 0.25) is 0 Å². The van der Waals surface area contributed by atoms with E-state index in [4.69, 9.17) is 0 Å². The molecule has 1 aliphatic rings. The average molecular weight is 306 g/mol. The quantitative estimate of drug-likeness (QED) is 0.740. The minimum Gasteiger partial charge on any atom is -0.371 e. The molecule has 1 fully saturated rings. The van der Waals surface area contributed by atoms with E-state index in [0.717, 1.165) is 30.8 Å². The molecule has 1 aromatic carbocycles. The minimum atomic E-state index is 0.671. The van der Waals surface area contributed by atoms with Crippen molar-refractivity contribution in [2.45, 2.75) is 26.3 Å². The molecule has 0 saturated carbocycles. The van der Waals surface area contributed by atoms with Gasteiger partial charge in [-0.2, -0.15) is 0 Å². The first-order valence-corrected chi connectivity index (χ1v) is 8.37. The maximum Gasteiger partial charge on any atom is 0.0946 e. The SMILES string of the molecule is Cc1cc(N2CCC[C@@H](Cn3ccnc3)C2)c2ccccc2n1. The second-order valence-corrected chi connectivity index (χ2v) is 6.51. The van der Waals surface area contributed by atoms with Gasteiger partial charge >= 0.3 is 0 Å². The maximum atomic E-state index is 4.67. The molecule has 0 spiro atoms. The Balaban J connectivity index is 1.62. The van der Waals surface area contributed by atoms with Crippen LogP contribution in [0.15, 0.2) is 49.1 Å². The van der Waals surface area contributed by atoms with Gasteiger partial charge < -0.3 is 9.47 Å². The van der Waals surface area contributed by atoms with E-state index in [-0.39, 0.29) is 0 Å². The summed E-state index contributed by atoms with van der Waals surface area (Å²) in [5, 5.41) is 1.27. The molecule has 0 N–H and O–H groups in total. The van der Waals surface area contributed by atoms with Gasteiger partial charge in [-0.3, -0.25) is 4.98 Å². The standard InChI is InChI=1S/C19H22N4/c1-15-11-19(17-6-2-3-7-18(17)21-15)23-9-4-5-16(13-23)12-22-10-8-20-14-22/h2-3,6-8,10-11,14,16H,4-5,9,12-13H2,1H3/t16-/m0/s1. The molecule has 0 radical (unpaired) electrons. The van der Waals surface area contributed by atoms with Gasteiger partial charge in [0.25, 0.3) is 0 Å². The van der Waals surface area contributed by atoms with Crippen LogP contribution in [0.5, 0.6) is 0 Å². The summed E-state index contributed by atoms with van der Waals surface area (Å²) < 4.78 is 2.20. The van der Waals surface area contributed by atoms with Crippen molar-refractivity contribution in [2.24, 2.45) is 5.92 Å². The Bertz CT molecular complexity index is 794. The summed E-state index contributed by atoms with van der Waals surface area (Å²) in [6.45, 7) is 5.38. The monoisotopic (exact) mass is 306 g/mol. The van der Waals surface area contributed by atoms with Gasteiger partial charge in [-0.15, -0.1) is 0 Å². The van der Waals surface area contributed by atoms with Gasteiger partial charge in [-0.1, -0.05) is 18.2 Å². The molecule has 1 aliphatic heterocycles. The number of anilines is 1. The molecule has 2 aromatic heterocycles. The number of pyridine rings is 1. The Morgan fingerprint density at radius 1 is 1.26 bits per heavy atom. The summed E-state index contributed by atoms with van der Waals surface area (Å²) >= 11 is 0. The van der Waals surface area contributed by atoms with E-state index < -0.39 is 0 Å². The predicted molar refractivity (Wildman–Crippen MR) is 93.6 cm³/mol. The van der Waals surface area contributed by atoms with Crippen molar-refractivity contribution in [2.75, 3.05) is 18.0 Å². The van der Waals surface area contributed by atoms with Gasteiger partial charge in [0.15, 0.2) is 0 Å². The molecule has 0 unspecified atom stereocenters. The van der Waals surface area contributed by atoms with Crippen molar-refractivity contribution >= 4 is 16.6 Å². The van der Waals surface area contributed by atoms with Gasteiger partial charge in [0.05, 0.1) is 11.8 Å². The number of piperidine rings is 1. The Kier molecular flexibility index (Phi) is 3.74. The zero-order valence-corrected chi connectivity index (χ0v) is 13.5. The fraction of sp³-hybridized carbons (Fsp3) is 0.368. The smallest absolute Gasteiger partial charge is 0.0946 e. The lowest BCUT2D eigenvalue weighted by atomic mass is 9.96. The Labute approximate surface area is 136 Å². The normalized spacial score (nSPS) is 18.5. The predicted octanol–water partition coefficient (Wildman–Crippen LogP) is 3.66. The van der Waals surface area contributed by atoms with E-state index in [1.165, 1.54) is 23.9 Å². The van der Waals surface area contributed by atoms with E-state index in [2.05, 4.69) is 62.9 Å². The third-order valence-electron chi connectivity index (χ3n) is 4.71. The number of fused-ring (bicyclic) bond motifs is 1. The first kappa shape index (κ1) is 14.2. The molecular formula is C19H22N4. The van der Waals surface area contributed by atoms with Crippen molar-refractivity contribution in [3.8, 4) is 0 Å². The van der Waals surface area contributed by atoms with E-state index in [0.29, 0.717) is 5.92 Å². The highest BCUT2D eigenvalue weighted by Crippen LogP contribution is 2.30. The molecule has 3 aromatic rings. The third-order valence-corrected chi connectivity index (χ3v) is 4.71. The molecule has 118 valence electrons. The summed E-state index contributed by atoms with van der Waals surface area (Å²) in [4.78, 5) is 11.4. The summed E-state index contributed by atoms with van der Waals surface area (Å²) in [5.74, 6) is 0.671. The molecule has 4 heteroatoms. The molecular weight excluding hydrogens is 284 g/mol. The van der Waals surface area contributed by atoms with E-state index in [1.807, 2.05) is 12.5 Å². The van der Waals surface area contributed by atoms with Crippen molar-refractivity contribution in [3.05, 3.63) is 54.7 Å². The summed E-state index contributed by atoms with van der Waals surface area (Å²) in [7, 11) is 0. The topological polar surface area (TPSA) is 34.0 Å². The van der Waals surface area contributed by atoms with Crippen molar-refractivity contribution in [1.29, 1.82) is 0 Å². The summed E-state index contributed by atoms with van der Waals surface area (Å²) in [6, 6.07) is 10.7. The van der Waals surface area contributed by atoms with Crippen LogP contribution in [0.25, 0.3) is 10.9 Å². The van der Waals surface area contributed by atoms with Crippen LogP contribution in [0.4, 0.5) is 5.69 Å². The van der Waals surface area contributed by atoms with Gasteiger partial charge in [0.1, 0.15) is 0 Å². The Morgan fingerprint density at radius 2 is 2.17 bits per heavy atom. The number of imidazole rings is 1. The number of nitrogens with zero attached hydrogens (tertiary/aromatic N) is 4. The van der Waals surface area contributed by atoms with Crippen LogP contribution >= 0.6 is 0 Å².